The molecule has 1 aromatic carbocycles. The number of benzene rings is 1. The molecular weight excluding hydrogens is 431 g/mol. The van der Waals surface area contributed by atoms with Gasteiger partial charge >= 0.3 is 12.2 Å². The molecule has 0 atom stereocenters. The van der Waals surface area contributed by atoms with E-state index in [-0.39, 0.29) is 12.1 Å². The van der Waals surface area contributed by atoms with E-state index in [9.17, 15) is 18.0 Å². The summed E-state index contributed by atoms with van der Waals surface area (Å²) >= 11 is 0. The van der Waals surface area contributed by atoms with Crippen molar-refractivity contribution in [2.45, 2.75) is 70.3 Å². The molecule has 0 radical (unpaired) electrons. The van der Waals surface area contributed by atoms with Crippen LogP contribution in [0.1, 0.15) is 55.5 Å². The van der Waals surface area contributed by atoms with E-state index in [1.165, 1.54) is 25.0 Å². The van der Waals surface area contributed by atoms with Gasteiger partial charge in [0, 0.05) is 50.0 Å². The molecular formula is C24H32F3N5O. The van der Waals surface area contributed by atoms with E-state index in [1.807, 2.05) is 6.92 Å². The molecule has 33 heavy (non-hydrogen) atoms. The number of aryl methyl sites for hydroxylation is 1. The second kappa shape index (κ2) is 9.75. The predicted octanol–water partition coefficient (Wildman–Crippen LogP) is 4.95. The zero-order valence-electron chi connectivity index (χ0n) is 19.2. The topological polar surface area (TPSA) is 64.3 Å². The fourth-order valence-corrected chi connectivity index (χ4v) is 5.11. The summed E-state index contributed by atoms with van der Waals surface area (Å²) in [4.78, 5) is 24.9. The van der Waals surface area contributed by atoms with Crippen LogP contribution in [0.25, 0.3) is 11.4 Å². The maximum absolute atomic E-state index is 12.8. The van der Waals surface area contributed by atoms with Crippen molar-refractivity contribution in [3.8, 4) is 11.4 Å². The summed E-state index contributed by atoms with van der Waals surface area (Å²) in [6.45, 7) is 4.38. The number of alkyl halides is 3. The zero-order valence-corrected chi connectivity index (χ0v) is 19.2. The third-order valence-electron chi connectivity index (χ3n) is 6.96. The van der Waals surface area contributed by atoms with Gasteiger partial charge in [0.1, 0.15) is 5.82 Å². The van der Waals surface area contributed by atoms with Gasteiger partial charge in [0.25, 0.3) is 0 Å². The monoisotopic (exact) mass is 463 g/mol. The van der Waals surface area contributed by atoms with Crippen LogP contribution < -0.4 is 5.32 Å². The zero-order chi connectivity index (χ0) is 23.6. The second-order valence-electron chi connectivity index (χ2n) is 9.14. The lowest BCUT2D eigenvalue weighted by Gasteiger charge is -2.41. The number of nitrogens with zero attached hydrogens (tertiary/aromatic N) is 3. The maximum Gasteiger partial charge on any atom is 0.416 e. The number of amides is 2. The molecule has 1 aliphatic heterocycles. The van der Waals surface area contributed by atoms with Crippen LogP contribution in [0.15, 0.2) is 24.3 Å². The molecule has 2 aromatic rings. The van der Waals surface area contributed by atoms with Gasteiger partial charge in [-0.05, 0) is 44.7 Å². The Hall–Kier alpha value is -2.55. The SMILES string of the molecule is CNC(=O)N(C1CCCC1)C1CCN(Cc2nc(-c3ccc(C(F)(F)F)cc3)[nH]c2C)CC1. The van der Waals surface area contributed by atoms with Crippen LogP contribution in [0.5, 0.6) is 0 Å². The first-order valence-electron chi connectivity index (χ1n) is 11.7. The number of rotatable bonds is 5. The van der Waals surface area contributed by atoms with Gasteiger partial charge in [0.15, 0.2) is 0 Å². The van der Waals surface area contributed by atoms with Crippen LogP contribution in [-0.2, 0) is 12.7 Å². The van der Waals surface area contributed by atoms with Gasteiger partial charge in [-0.1, -0.05) is 25.0 Å². The van der Waals surface area contributed by atoms with E-state index < -0.39 is 11.7 Å². The molecule has 9 heteroatoms. The van der Waals surface area contributed by atoms with E-state index in [2.05, 4.69) is 25.1 Å². The number of aromatic nitrogens is 2. The summed E-state index contributed by atoms with van der Waals surface area (Å²) in [5, 5.41) is 2.82. The lowest BCUT2D eigenvalue weighted by atomic mass is 10.0. The number of piperidine rings is 1. The highest BCUT2D eigenvalue weighted by molar-refractivity contribution is 5.74. The first-order chi connectivity index (χ1) is 15.8. The lowest BCUT2D eigenvalue weighted by Crippen LogP contribution is -2.53. The quantitative estimate of drug-likeness (QED) is 0.659. The van der Waals surface area contributed by atoms with Crippen LogP contribution in [0.4, 0.5) is 18.0 Å². The highest BCUT2D eigenvalue weighted by atomic mass is 19.4. The number of halogens is 3. The lowest BCUT2D eigenvalue weighted by molar-refractivity contribution is -0.137. The maximum atomic E-state index is 12.8. The van der Waals surface area contributed by atoms with Gasteiger partial charge < -0.3 is 15.2 Å². The van der Waals surface area contributed by atoms with Gasteiger partial charge in [-0.2, -0.15) is 13.2 Å². The standard InChI is InChI=1S/C24H32F3N5O/c1-16-21(30-22(29-16)17-7-9-18(10-8-17)24(25,26)27)15-31-13-11-20(12-14-31)32(23(33)28-2)19-5-3-4-6-19/h7-10,19-20H,3-6,11-15H2,1-2H3,(H,28,33)(H,29,30). The predicted molar refractivity (Wildman–Crippen MR) is 121 cm³/mol. The average molecular weight is 464 g/mol. The number of imidazole rings is 1. The van der Waals surface area contributed by atoms with Crippen molar-refractivity contribution in [2.24, 2.45) is 0 Å². The van der Waals surface area contributed by atoms with Gasteiger partial charge in [-0.25, -0.2) is 9.78 Å². The summed E-state index contributed by atoms with van der Waals surface area (Å²) in [5.74, 6) is 0.582. The normalized spacial score (nSPS) is 18.6. The molecule has 2 N–H and O–H groups in total. The first-order valence-corrected chi connectivity index (χ1v) is 11.7. The second-order valence-corrected chi connectivity index (χ2v) is 9.14. The Morgan fingerprint density at radius 1 is 1.12 bits per heavy atom. The van der Waals surface area contributed by atoms with Crippen LogP contribution in [0, 0.1) is 6.92 Å². The average Bonchev–Trinajstić information content (AvgIpc) is 3.45. The molecule has 1 saturated carbocycles. The van der Waals surface area contributed by atoms with Crippen LogP contribution in [0.2, 0.25) is 0 Å². The third-order valence-corrected chi connectivity index (χ3v) is 6.96. The highest BCUT2D eigenvalue weighted by Crippen LogP contribution is 2.31. The number of carbonyl (C=O) groups excluding carboxylic acids is 1. The Bertz CT molecular complexity index is 942. The number of likely N-dealkylation sites (tertiary alicyclic amines) is 1. The molecule has 0 unspecified atom stereocenters. The van der Waals surface area contributed by atoms with E-state index in [0.717, 1.165) is 62.3 Å². The molecule has 0 bridgehead atoms. The first kappa shape index (κ1) is 23.6. The summed E-state index contributed by atoms with van der Waals surface area (Å²) in [5.41, 5.74) is 1.79. The fourth-order valence-electron chi connectivity index (χ4n) is 5.11. The van der Waals surface area contributed by atoms with Gasteiger partial charge in [-0.3, -0.25) is 4.90 Å². The van der Waals surface area contributed by atoms with Gasteiger partial charge in [0.05, 0.1) is 11.3 Å². The van der Waals surface area contributed by atoms with E-state index in [4.69, 9.17) is 0 Å². The number of urea groups is 1. The number of carbonyl (C=O) groups is 1. The number of H-pyrrole nitrogens is 1. The van der Waals surface area contributed by atoms with Crippen molar-refractivity contribution < 1.29 is 18.0 Å². The molecule has 6 nitrogen and oxygen atoms in total. The van der Waals surface area contributed by atoms with E-state index in [0.29, 0.717) is 24.0 Å². The van der Waals surface area contributed by atoms with Gasteiger partial charge in [-0.15, -0.1) is 0 Å². The van der Waals surface area contributed by atoms with Crippen LogP contribution >= 0.6 is 0 Å². The Morgan fingerprint density at radius 2 is 1.73 bits per heavy atom. The Kier molecular flexibility index (Phi) is 6.97. The van der Waals surface area contributed by atoms with Crippen molar-refractivity contribution in [3.05, 3.63) is 41.2 Å². The molecule has 2 heterocycles. The highest BCUT2D eigenvalue weighted by Gasteiger charge is 2.34. The molecule has 1 saturated heterocycles. The van der Waals surface area contributed by atoms with Crippen LogP contribution in [0.3, 0.4) is 0 Å². The van der Waals surface area contributed by atoms with Crippen molar-refractivity contribution in [2.75, 3.05) is 20.1 Å². The van der Waals surface area contributed by atoms with E-state index >= 15 is 0 Å². The summed E-state index contributed by atoms with van der Waals surface area (Å²) in [6.07, 6.45) is 2.07. The number of nitrogens with one attached hydrogen (secondary N) is 2. The van der Waals surface area contributed by atoms with Crippen molar-refractivity contribution in [1.82, 2.24) is 25.1 Å². The van der Waals surface area contributed by atoms with Gasteiger partial charge in [0.2, 0.25) is 0 Å². The molecule has 180 valence electrons. The molecule has 4 rings (SSSR count). The summed E-state index contributed by atoms with van der Waals surface area (Å²) in [7, 11) is 1.70. The molecule has 2 aliphatic rings. The number of aromatic amines is 1. The number of hydrogen-bond donors (Lipinski definition) is 2. The molecule has 2 amide bonds. The Morgan fingerprint density at radius 3 is 2.30 bits per heavy atom. The van der Waals surface area contributed by atoms with Crippen LogP contribution in [-0.4, -0.2) is 58.0 Å². The Balaban J connectivity index is 1.38. The minimum atomic E-state index is -4.35. The van der Waals surface area contributed by atoms with Crippen molar-refractivity contribution >= 4 is 6.03 Å². The van der Waals surface area contributed by atoms with E-state index in [1.54, 1.807) is 7.05 Å². The largest absolute Gasteiger partial charge is 0.416 e. The summed E-state index contributed by atoms with van der Waals surface area (Å²) in [6, 6.07) is 5.71. The molecule has 1 aromatic heterocycles. The summed E-state index contributed by atoms with van der Waals surface area (Å²) < 4.78 is 38.5. The Labute approximate surface area is 192 Å². The number of hydrogen-bond acceptors (Lipinski definition) is 3. The molecule has 2 fully saturated rings. The minimum absolute atomic E-state index is 0.0321. The third kappa shape index (κ3) is 5.34. The smallest absolute Gasteiger partial charge is 0.342 e. The molecule has 0 spiro atoms. The van der Waals surface area contributed by atoms with Crippen molar-refractivity contribution in [1.29, 1.82) is 0 Å². The van der Waals surface area contributed by atoms with Crippen molar-refractivity contribution in [3.63, 3.8) is 0 Å². The minimum Gasteiger partial charge on any atom is -0.342 e. The fraction of sp³-hybridized carbons (Fsp3) is 0.583. The molecule has 1 aliphatic carbocycles.